The van der Waals surface area contributed by atoms with Crippen LogP contribution in [0, 0.1) is 20.8 Å². The standard InChI is InChI=1S/C20H17NO2S2/c1-11-9-15(13(3)24-11)16-10-23-20(22)17(16)18-12(2)21-19(25-18)14-7-5-4-6-8-14/h4-9H,10H2,1-3H3. The van der Waals surface area contributed by atoms with E-state index in [0.29, 0.717) is 12.2 Å². The van der Waals surface area contributed by atoms with Gasteiger partial charge in [0.15, 0.2) is 0 Å². The van der Waals surface area contributed by atoms with Crippen LogP contribution in [0.5, 0.6) is 0 Å². The third-order valence-electron chi connectivity index (χ3n) is 4.26. The molecule has 0 saturated carbocycles. The van der Waals surface area contributed by atoms with Crippen molar-refractivity contribution in [2.24, 2.45) is 0 Å². The summed E-state index contributed by atoms with van der Waals surface area (Å²) in [6.45, 7) is 6.48. The van der Waals surface area contributed by atoms with Crippen LogP contribution in [0.2, 0.25) is 0 Å². The molecular weight excluding hydrogens is 350 g/mol. The lowest BCUT2D eigenvalue weighted by molar-refractivity contribution is -0.133. The number of carbonyl (C=O) groups is 1. The Morgan fingerprint density at radius 1 is 1.08 bits per heavy atom. The SMILES string of the molecule is Cc1cc(C2=C(c3sc(-c4ccccc4)nc3C)C(=O)OC2)c(C)s1. The number of aromatic nitrogens is 1. The summed E-state index contributed by atoms with van der Waals surface area (Å²) in [6.07, 6.45) is 0. The highest BCUT2D eigenvalue weighted by molar-refractivity contribution is 7.16. The molecule has 0 radical (unpaired) electrons. The van der Waals surface area contributed by atoms with E-state index in [9.17, 15) is 4.79 Å². The molecule has 3 aromatic rings. The average Bonchev–Trinajstić information content (AvgIpc) is 3.25. The molecule has 0 atom stereocenters. The van der Waals surface area contributed by atoms with Gasteiger partial charge in [-0.05, 0) is 32.4 Å². The molecule has 1 aromatic carbocycles. The molecule has 0 spiro atoms. The van der Waals surface area contributed by atoms with Gasteiger partial charge < -0.3 is 4.74 Å². The van der Waals surface area contributed by atoms with Crippen molar-refractivity contribution in [3.05, 3.63) is 62.3 Å². The number of benzene rings is 1. The van der Waals surface area contributed by atoms with E-state index < -0.39 is 0 Å². The third-order valence-corrected chi connectivity index (χ3v) is 6.45. The summed E-state index contributed by atoms with van der Waals surface area (Å²) in [6, 6.07) is 12.2. The molecule has 5 heteroatoms. The van der Waals surface area contributed by atoms with Gasteiger partial charge >= 0.3 is 5.97 Å². The fourth-order valence-electron chi connectivity index (χ4n) is 3.11. The Morgan fingerprint density at radius 3 is 2.52 bits per heavy atom. The van der Waals surface area contributed by atoms with Crippen LogP contribution in [0.3, 0.4) is 0 Å². The van der Waals surface area contributed by atoms with Gasteiger partial charge in [0.25, 0.3) is 0 Å². The molecule has 0 saturated heterocycles. The van der Waals surface area contributed by atoms with E-state index >= 15 is 0 Å². The number of thiophene rings is 1. The average molecular weight is 367 g/mol. The molecule has 2 aromatic heterocycles. The molecule has 3 heterocycles. The predicted octanol–water partition coefficient (Wildman–Crippen LogP) is 5.26. The van der Waals surface area contributed by atoms with Crippen molar-refractivity contribution in [1.82, 2.24) is 4.98 Å². The molecule has 25 heavy (non-hydrogen) atoms. The lowest BCUT2D eigenvalue weighted by atomic mass is 10.0. The maximum absolute atomic E-state index is 12.5. The first-order valence-electron chi connectivity index (χ1n) is 8.05. The molecular formula is C20H17NO2S2. The van der Waals surface area contributed by atoms with Gasteiger partial charge in [0, 0.05) is 20.9 Å². The van der Waals surface area contributed by atoms with Crippen LogP contribution in [0.25, 0.3) is 21.7 Å². The maximum atomic E-state index is 12.5. The number of esters is 1. The van der Waals surface area contributed by atoms with Crippen LogP contribution in [0.1, 0.15) is 25.9 Å². The Kier molecular flexibility index (Phi) is 4.06. The van der Waals surface area contributed by atoms with Gasteiger partial charge in [-0.2, -0.15) is 0 Å². The molecule has 0 aliphatic carbocycles. The van der Waals surface area contributed by atoms with Crippen LogP contribution in [0.4, 0.5) is 0 Å². The van der Waals surface area contributed by atoms with E-state index in [1.165, 1.54) is 9.75 Å². The quantitative estimate of drug-likeness (QED) is 0.592. The highest BCUT2D eigenvalue weighted by Gasteiger charge is 2.31. The van der Waals surface area contributed by atoms with Gasteiger partial charge in [-0.25, -0.2) is 9.78 Å². The van der Waals surface area contributed by atoms with Crippen molar-refractivity contribution in [3.8, 4) is 10.6 Å². The first kappa shape index (κ1) is 16.2. The first-order chi connectivity index (χ1) is 12.0. The van der Waals surface area contributed by atoms with E-state index in [0.717, 1.165) is 32.3 Å². The normalized spacial score (nSPS) is 14.3. The monoisotopic (exact) mass is 367 g/mol. The minimum atomic E-state index is -0.246. The van der Waals surface area contributed by atoms with Gasteiger partial charge in [0.05, 0.1) is 16.1 Å². The highest BCUT2D eigenvalue weighted by atomic mass is 32.1. The minimum absolute atomic E-state index is 0.246. The molecule has 0 unspecified atom stereocenters. The molecule has 126 valence electrons. The summed E-state index contributed by atoms with van der Waals surface area (Å²) in [7, 11) is 0. The molecule has 4 rings (SSSR count). The van der Waals surface area contributed by atoms with Crippen LogP contribution >= 0.6 is 22.7 Å². The number of nitrogens with zero attached hydrogens (tertiary/aromatic N) is 1. The van der Waals surface area contributed by atoms with E-state index in [1.54, 1.807) is 22.7 Å². The summed E-state index contributed by atoms with van der Waals surface area (Å²) in [5.74, 6) is -0.246. The number of aryl methyl sites for hydroxylation is 3. The highest BCUT2D eigenvalue weighted by Crippen LogP contribution is 2.41. The van der Waals surface area contributed by atoms with Gasteiger partial charge in [-0.3, -0.25) is 0 Å². The van der Waals surface area contributed by atoms with Crippen molar-refractivity contribution in [2.45, 2.75) is 20.8 Å². The van der Waals surface area contributed by atoms with Crippen LogP contribution < -0.4 is 0 Å². The molecule has 3 nitrogen and oxygen atoms in total. The molecule has 0 N–H and O–H groups in total. The van der Waals surface area contributed by atoms with Crippen LogP contribution in [-0.4, -0.2) is 17.6 Å². The predicted molar refractivity (Wildman–Crippen MR) is 104 cm³/mol. The fourth-order valence-corrected chi connectivity index (χ4v) is 5.19. The zero-order valence-electron chi connectivity index (χ0n) is 14.3. The van der Waals surface area contributed by atoms with E-state index in [2.05, 4.69) is 19.9 Å². The lowest BCUT2D eigenvalue weighted by Gasteiger charge is -2.02. The van der Waals surface area contributed by atoms with Crippen molar-refractivity contribution in [1.29, 1.82) is 0 Å². The van der Waals surface area contributed by atoms with Crippen molar-refractivity contribution in [2.75, 3.05) is 6.61 Å². The van der Waals surface area contributed by atoms with Crippen LogP contribution in [0.15, 0.2) is 36.4 Å². The topological polar surface area (TPSA) is 39.2 Å². The number of cyclic esters (lactones) is 1. The smallest absolute Gasteiger partial charge is 0.340 e. The van der Waals surface area contributed by atoms with Gasteiger partial charge in [0.1, 0.15) is 11.6 Å². The van der Waals surface area contributed by atoms with Gasteiger partial charge in [-0.15, -0.1) is 22.7 Å². The Labute approximate surface area is 154 Å². The Hall–Kier alpha value is -2.24. The summed E-state index contributed by atoms with van der Waals surface area (Å²) >= 11 is 3.31. The molecule has 0 amide bonds. The molecule has 0 fully saturated rings. The number of thiazole rings is 1. The molecule has 1 aliphatic heterocycles. The Balaban J connectivity index is 1.87. The largest absolute Gasteiger partial charge is 0.457 e. The van der Waals surface area contributed by atoms with E-state index in [-0.39, 0.29) is 5.97 Å². The lowest BCUT2D eigenvalue weighted by Crippen LogP contribution is -1.98. The number of hydrogen-bond acceptors (Lipinski definition) is 5. The summed E-state index contributed by atoms with van der Waals surface area (Å²) in [4.78, 5) is 20.5. The minimum Gasteiger partial charge on any atom is -0.457 e. The van der Waals surface area contributed by atoms with Crippen molar-refractivity contribution < 1.29 is 9.53 Å². The second-order valence-corrected chi connectivity index (χ2v) is 8.52. The van der Waals surface area contributed by atoms with Crippen molar-refractivity contribution in [3.63, 3.8) is 0 Å². The summed E-state index contributed by atoms with van der Waals surface area (Å²) < 4.78 is 5.39. The van der Waals surface area contributed by atoms with E-state index in [4.69, 9.17) is 9.72 Å². The second kappa shape index (κ2) is 6.24. The van der Waals surface area contributed by atoms with Gasteiger partial charge in [-0.1, -0.05) is 30.3 Å². The molecule has 1 aliphatic rings. The molecule has 0 bridgehead atoms. The number of hydrogen-bond donors (Lipinski definition) is 0. The number of ether oxygens (including phenoxy) is 1. The summed E-state index contributed by atoms with van der Waals surface area (Å²) in [5, 5.41) is 0.929. The zero-order chi connectivity index (χ0) is 17.6. The van der Waals surface area contributed by atoms with Crippen LogP contribution in [-0.2, 0) is 9.53 Å². The van der Waals surface area contributed by atoms with Gasteiger partial charge in [0.2, 0.25) is 0 Å². The first-order valence-corrected chi connectivity index (χ1v) is 9.69. The number of carbonyl (C=O) groups excluding carboxylic acids is 1. The zero-order valence-corrected chi connectivity index (χ0v) is 15.9. The van der Waals surface area contributed by atoms with Crippen molar-refractivity contribution >= 4 is 39.8 Å². The maximum Gasteiger partial charge on any atom is 0.340 e. The number of rotatable bonds is 3. The third kappa shape index (κ3) is 2.83. The van der Waals surface area contributed by atoms with E-state index in [1.807, 2.05) is 37.3 Å². The fraction of sp³-hybridized carbons (Fsp3) is 0.200. The Bertz CT molecular complexity index is 996. The summed E-state index contributed by atoms with van der Waals surface area (Å²) in [5.41, 5.74) is 4.73. The Morgan fingerprint density at radius 2 is 1.84 bits per heavy atom. The second-order valence-electron chi connectivity index (χ2n) is 6.06.